The van der Waals surface area contributed by atoms with Gasteiger partial charge in [0, 0.05) is 5.54 Å². The van der Waals surface area contributed by atoms with Gasteiger partial charge >= 0.3 is 0 Å². The van der Waals surface area contributed by atoms with Crippen molar-refractivity contribution in [1.29, 1.82) is 0 Å². The molecule has 0 aliphatic heterocycles. The maximum absolute atomic E-state index is 5.79. The standard InChI is InChI=1S/C21H27NO.ClH/c1-4-11-19(12-5-1)21(15-8-3-9-16-21)22-17-10-18-23-20-13-6-2-7-14-20;/h1-2,4-7,11-14,22H,3,8-10,15-18H2;1H. The second-order valence-corrected chi connectivity index (χ2v) is 6.45. The molecule has 24 heavy (non-hydrogen) atoms. The van der Waals surface area contributed by atoms with Gasteiger partial charge in [-0.1, -0.05) is 67.8 Å². The lowest BCUT2D eigenvalue weighted by atomic mass is 9.76. The number of nitrogens with one attached hydrogen (secondary N) is 1. The summed E-state index contributed by atoms with van der Waals surface area (Å²) in [4.78, 5) is 0. The number of benzene rings is 2. The van der Waals surface area contributed by atoms with Gasteiger partial charge in [-0.05, 0) is 43.5 Å². The summed E-state index contributed by atoms with van der Waals surface area (Å²) in [5.41, 5.74) is 1.62. The molecule has 2 aromatic carbocycles. The Labute approximate surface area is 152 Å². The van der Waals surface area contributed by atoms with Crippen molar-refractivity contribution in [2.45, 2.75) is 44.1 Å². The molecule has 1 saturated carbocycles. The van der Waals surface area contributed by atoms with Gasteiger partial charge in [0.1, 0.15) is 5.75 Å². The zero-order chi connectivity index (χ0) is 15.8. The fourth-order valence-corrected chi connectivity index (χ4v) is 3.59. The molecule has 2 aromatic rings. The number of halogens is 1. The predicted molar refractivity (Wildman–Crippen MR) is 103 cm³/mol. The quantitative estimate of drug-likeness (QED) is 0.685. The minimum absolute atomic E-state index is 0. The van der Waals surface area contributed by atoms with E-state index in [1.165, 1.54) is 37.7 Å². The molecule has 0 amide bonds. The molecule has 0 radical (unpaired) electrons. The van der Waals surface area contributed by atoms with E-state index in [0.717, 1.165) is 25.3 Å². The van der Waals surface area contributed by atoms with E-state index in [2.05, 4.69) is 35.6 Å². The monoisotopic (exact) mass is 345 g/mol. The third-order valence-corrected chi connectivity index (χ3v) is 4.83. The highest BCUT2D eigenvalue weighted by Gasteiger charge is 2.32. The van der Waals surface area contributed by atoms with Crippen LogP contribution < -0.4 is 10.1 Å². The maximum Gasteiger partial charge on any atom is 0.119 e. The van der Waals surface area contributed by atoms with Crippen LogP contribution in [0.4, 0.5) is 0 Å². The summed E-state index contributed by atoms with van der Waals surface area (Å²) in [6.45, 7) is 1.77. The molecule has 2 nitrogen and oxygen atoms in total. The Morgan fingerprint density at radius 3 is 2.12 bits per heavy atom. The van der Waals surface area contributed by atoms with Gasteiger partial charge < -0.3 is 10.1 Å². The number of hydrogen-bond donors (Lipinski definition) is 1. The van der Waals surface area contributed by atoms with Gasteiger partial charge in [-0.2, -0.15) is 0 Å². The minimum Gasteiger partial charge on any atom is -0.494 e. The number of rotatable bonds is 7. The number of para-hydroxylation sites is 1. The highest BCUT2D eigenvalue weighted by Crippen LogP contribution is 2.36. The van der Waals surface area contributed by atoms with E-state index in [4.69, 9.17) is 4.74 Å². The van der Waals surface area contributed by atoms with E-state index in [1.54, 1.807) is 0 Å². The number of hydrogen-bond acceptors (Lipinski definition) is 2. The SMILES string of the molecule is Cl.c1ccc(OCCCNC2(c3ccccc3)CCCCC2)cc1. The Morgan fingerprint density at radius 1 is 0.833 bits per heavy atom. The third-order valence-electron chi connectivity index (χ3n) is 4.83. The summed E-state index contributed by atoms with van der Waals surface area (Å²) in [5.74, 6) is 0.961. The van der Waals surface area contributed by atoms with Gasteiger partial charge in [-0.15, -0.1) is 12.4 Å². The van der Waals surface area contributed by atoms with Gasteiger partial charge in [0.25, 0.3) is 0 Å². The Hall–Kier alpha value is -1.51. The molecule has 1 fully saturated rings. The first-order valence-corrected chi connectivity index (χ1v) is 8.87. The Balaban J connectivity index is 0.00000208. The highest BCUT2D eigenvalue weighted by atomic mass is 35.5. The van der Waals surface area contributed by atoms with Crippen molar-refractivity contribution in [3.8, 4) is 5.75 Å². The molecular weight excluding hydrogens is 318 g/mol. The molecule has 3 rings (SSSR count). The van der Waals surface area contributed by atoms with Crippen molar-refractivity contribution in [3.05, 3.63) is 66.2 Å². The first-order valence-electron chi connectivity index (χ1n) is 8.87. The summed E-state index contributed by atoms with van der Waals surface area (Å²) >= 11 is 0. The van der Waals surface area contributed by atoms with Gasteiger partial charge in [0.15, 0.2) is 0 Å². The van der Waals surface area contributed by atoms with Gasteiger partial charge in [0.05, 0.1) is 6.61 Å². The molecule has 1 aliphatic carbocycles. The molecule has 0 saturated heterocycles. The van der Waals surface area contributed by atoms with Crippen molar-refractivity contribution in [2.24, 2.45) is 0 Å². The molecule has 1 aliphatic rings. The van der Waals surface area contributed by atoms with E-state index in [0.29, 0.717) is 0 Å². The molecular formula is C21H28ClNO. The number of ether oxygens (including phenoxy) is 1. The van der Waals surface area contributed by atoms with Crippen LogP contribution in [-0.4, -0.2) is 13.2 Å². The van der Waals surface area contributed by atoms with Crippen LogP contribution in [0.15, 0.2) is 60.7 Å². The zero-order valence-electron chi connectivity index (χ0n) is 14.2. The summed E-state index contributed by atoms with van der Waals surface area (Å²) < 4.78 is 5.79. The maximum atomic E-state index is 5.79. The lowest BCUT2D eigenvalue weighted by Crippen LogP contribution is -2.44. The van der Waals surface area contributed by atoms with Crippen molar-refractivity contribution in [2.75, 3.05) is 13.2 Å². The van der Waals surface area contributed by atoms with Crippen LogP contribution in [0.25, 0.3) is 0 Å². The summed E-state index contributed by atoms with van der Waals surface area (Å²) in [6.07, 6.45) is 7.54. The third kappa shape index (κ3) is 4.99. The van der Waals surface area contributed by atoms with Gasteiger partial charge in [-0.3, -0.25) is 0 Å². The molecule has 0 aromatic heterocycles. The summed E-state index contributed by atoms with van der Waals surface area (Å²) in [7, 11) is 0. The van der Waals surface area contributed by atoms with Gasteiger partial charge in [0.2, 0.25) is 0 Å². The van der Waals surface area contributed by atoms with E-state index in [1.807, 2.05) is 30.3 Å². The highest BCUT2D eigenvalue weighted by molar-refractivity contribution is 5.85. The smallest absolute Gasteiger partial charge is 0.119 e. The normalized spacial score (nSPS) is 16.2. The van der Waals surface area contributed by atoms with E-state index in [-0.39, 0.29) is 17.9 Å². The molecule has 0 bridgehead atoms. The van der Waals surface area contributed by atoms with E-state index < -0.39 is 0 Å². The lowest BCUT2D eigenvalue weighted by molar-refractivity contribution is 0.223. The van der Waals surface area contributed by atoms with Crippen LogP contribution in [0, 0.1) is 0 Å². The molecule has 0 unspecified atom stereocenters. The van der Waals surface area contributed by atoms with Gasteiger partial charge in [-0.25, -0.2) is 0 Å². The largest absolute Gasteiger partial charge is 0.494 e. The van der Waals surface area contributed by atoms with Crippen molar-refractivity contribution < 1.29 is 4.74 Å². The van der Waals surface area contributed by atoms with Crippen molar-refractivity contribution in [3.63, 3.8) is 0 Å². The first-order chi connectivity index (χ1) is 11.4. The fourth-order valence-electron chi connectivity index (χ4n) is 3.59. The molecule has 130 valence electrons. The van der Waals surface area contributed by atoms with Crippen LogP contribution in [0.2, 0.25) is 0 Å². The molecule has 3 heteroatoms. The van der Waals surface area contributed by atoms with Crippen LogP contribution in [-0.2, 0) is 5.54 Å². The Bertz CT molecular complexity index is 567. The van der Waals surface area contributed by atoms with Crippen molar-refractivity contribution in [1.82, 2.24) is 5.32 Å². The Morgan fingerprint density at radius 2 is 1.46 bits per heavy atom. The minimum atomic E-state index is 0. The average Bonchev–Trinajstić information content (AvgIpc) is 2.64. The first kappa shape index (κ1) is 18.8. The molecule has 0 heterocycles. The lowest BCUT2D eigenvalue weighted by Gasteiger charge is -2.39. The van der Waals surface area contributed by atoms with Crippen LogP contribution in [0.3, 0.4) is 0 Å². The topological polar surface area (TPSA) is 21.3 Å². The second-order valence-electron chi connectivity index (χ2n) is 6.45. The molecule has 0 spiro atoms. The Kier molecular flexibility index (Phi) is 7.61. The van der Waals surface area contributed by atoms with E-state index >= 15 is 0 Å². The van der Waals surface area contributed by atoms with Crippen LogP contribution in [0.1, 0.15) is 44.1 Å². The molecule has 0 atom stereocenters. The zero-order valence-corrected chi connectivity index (χ0v) is 15.1. The van der Waals surface area contributed by atoms with Crippen LogP contribution in [0.5, 0.6) is 5.75 Å². The van der Waals surface area contributed by atoms with Crippen LogP contribution >= 0.6 is 12.4 Å². The van der Waals surface area contributed by atoms with E-state index in [9.17, 15) is 0 Å². The second kappa shape index (κ2) is 9.71. The van der Waals surface area contributed by atoms with Crippen molar-refractivity contribution >= 4 is 12.4 Å². The summed E-state index contributed by atoms with van der Waals surface area (Å²) in [5, 5.41) is 3.86. The average molecular weight is 346 g/mol. The fraction of sp³-hybridized carbons (Fsp3) is 0.429. The predicted octanol–water partition coefficient (Wildman–Crippen LogP) is 5.33. The molecule has 1 N–H and O–H groups in total. The summed E-state index contributed by atoms with van der Waals surface area (Å²) in [6, 6.07) is 21.0.